The normalized spacial score (nSPS) is 15.6. The Kier molecular flexibility index (Phi) is 20.5. The fourth-order valence-corrected chi connectivity index (χ4v) is 8.95. The molecule has 5 aromatic rings. The maximum atomic E-state index is 13.3. The van der Waals surface area contributed by atoms with E-state index < -0.39 is 6.04 Å². The molecule has 0 spiro atoms. The summed E-state index contributed by atoms with van der Waals surface area (Å²) in [4.78, 5) is 96.9. The van der Waals surface area contributed by atoms with Crippen LogP contribution in [0.5, 0.6) is 0 Å². The third kappa shape index (κ3) is 14.8. The molecule has 2 saturated heterocycles. The van der Waals surface area contributed by atoms with E-state index in [2.05, 4.69) is 49.3 Å². The van der Waals surface area contributed by atoms with E-state index in [9.17, 15) is 33.6 Å². The molecule has 1 atom stereocenters. The summed E-state index contributed by atoms with van der Waals surface area (Å²) in [6, 6.07) is 28.4. The topological polar surface area (TPSA) is 190 Å². The van der Waals surface area contributed by atoms with Crippen molar-refractivity contribution in [2.24, 2.45) is 7.05 Å². The number of piperazine rings is 1. The number of hydrogen-bond donors (Lipinski definition) is 2. The molecule has 3 aliphatic rings. The number of piperidine rings is 1. The van der Waals surface area contributed by atoms with E-state index in [0.717, 1.165) is 47.5 Å². The molecule has 0 saturated carbocycles. The second kappa shape index (κ2) is 26.4. The molecule has 17 heteroatoms. The van der Waals surface area contributed by atoms with Crippen molar-refractivity contribution < 1.29 is 71.0 Å². The number of carbonyl (C=O) groups excluding carboxylic acids is 6. The minimum absolute atomic E-state index is 0. The van der Waals surface area contributed by atoms with Gasteiger partial charge in [0.15, 0.2) is 11.7 Å². The average molecular weight is 1080 g/mol. The number of rotatable bonds is 17. The number of nitrogens with one attached hydrogen (secondary N) is 2. The molecular weight excluding hydrogens is 1020 g/mol. The second-order valence-electron chi connectivity index (χ2n) is 19.5. The number of fused-ring (bicyclic) bond motifs is 1. The first kappa shape index (κ1) is 57.2. The summed E-state index contributed by atoms with van der Waals surface area (Å²) in [5.74, 6) is -0.964. The Bertz CT molecular complexity index is 2870. The Morgan fingerprint density at radius 1 is 0.878 bits per heavy atom. The molecule has 74 heavy (non-hydrogen) atoms. The molecule has 2 N–H and O–H groups in total. The molecule has 4 aromatic carbocycles. The third-order valence-corrected chi connectivity index (χ3v) is 13.3. The first-order valence-corrected chi connectivity index (χ1v) is 24.8. The predicted molar refractivity (Wildman–Crippen MR) is 277 cm³/mol. The van der Waals surface area contributed by atoms with Crippen LogP contribution in [0.3, 0.4) is 0 Å². The van der Waals surface area contributed by atoms with E-state index in [1.807, 2.05) is 78.6 Å². The first-order chi connectivity index (χ1) is 35.0. The number of Topliss-reactive ketones (excluding diaryl/α,β-unsaturated/α-hetero) is 1. The van der Waals surface area contributed by atoms with Crippen molar-refractivity contribution in [1.82, 2.24) is 29.6 Å². The van der Waals surface area contributed by atoms with Crippen LogP contribution in [-0.4, -0.2) is 125 Å². The maximum absolute atomic E-state index is 13.3. The van der Waals surface area contributed by atoms with Gasteiger partial charge in [0.1, 0.15) is 18.3 Å². The standard InChI is InChI=1S/C44H54N5O6.C13H11N2O3.Y/c1-7-54-30-36(50)10-9-26-55-27-25-48-21-23-49(24-22-48)42(52)34-15-13-32(14-16-34)28-39-43(53)47(6)29-40(45-39)37-11-8-12-38(31(37)2)46-41(51)33-17-19-35(20-18-33)44(3,4)5;16-11-6-5-10(12(17)14-11)15-7-8-3-1-2-4-9(8)13(15)18;/h8,11-20,29H,1,7,9-10,21-28,30H2,2-6H3,(H,46,51);1-2,4,10H,5-7H2,(H,14,16,17);/q2*-1;. The fourth-order valence-electron chi connectivity index (χ4n) is 8.95. The number of hydrogen-bond acceptors (Lipinski definition) is 11. The third-order valence-electron chi connectivity index (χ3n) is 13.3. The zero-order valence-corrected chi connectivity index (χ0v) is 45.9. The Balaban J connectivity index is 0.000000391. The van der Waals surface area contributed by atoms with Crippen LogP contribution >= 0.6 is 0 Å². The predicted octanol–water partition coefficient (Wildman–Crippen LogP) is 6.12. The summed E-state index contributed by atoms with van der Waals surface area (Å²) >= 11 is 0. The van der Waals surface area contributed by atoms with Crippen molar-refractivity contribution in [3.8, 4) is 11.3 Å². The molecule has 2 fully saturated rings. The second-order valence-corrected chi connectivity index (χ2v) is 19.5. The molecule has 1 aromatic heterocycles. The molecule has 3 aliphatic heterocycles. The molecule has 8 rings (SSSR count). The molecule has 1 unspecified atom stereocenters. The van der Waals surface area contributed by atoms with Gasteiger partial charge in [0.25, 0.3) is 17.4 Å². The fraction of sp³-hybridized carbons (Fsp3) is 0.386. The summed E-state index contributed by atoms with van der Waals surface area (Å²) in [5.41, 5.74) is 7.75. The van der Waals surface area contributed by atoms with Crippen molar-refractivity contribution in [1.29, 1.82) is 0 Å². The van der Waals surface area contributed by atoms with Gasteiger partial charge in [0.05, 0.1) is 12.3 Å². The first-order valence-electron chi connectivity index (χ1n) is 24.8. The van der Waals surface area contributed by atoms with E-state index in [1.165, 1.54) is 9.47 Å². The number of imide groups is 1. The number of ether oxygens (including phenoxy) is 2. The van der Waals surface area contributed by atoms with Gasteiger partial charge in [-0.1, -0.05) is 69.3 Å². The SMILES string of the molecule is O=C1CCC(N2Cc3[c-]cccc3C2=O)C(=O)N1.[CH2-]COCC(=O)CCCOCCN1CCN(C(=O)c2ccc(Cc3nc(-c4cccc(NC(=O)c5ccc(C(C)(C)C)cc5)c4C)cn(C)c3=O)cc2)CC1.[Y]. The van der Waals surface area contributed by atoms with E-state index in [4.69, 9.17) is 14.5 Å². The van der Waals surface area contributed by atoms with Crippen molar-refractivity contribution in [2.75, 3.05) is 64.5 Å². The number of ketones is 1. The number of nitrogens with zero attached hydrogens (tertiary/aromatic N) is 5. The Labute approximate surface area is 458 Å². The molecule has 16 nitrogen and oxygen atoms in total. The van der Waals surface area contributed by atoms with Crippen molar-refractivity contribution in [3.05, 3.63) is 159 Å². The Hall–Kier alpha value is -6.04. The van der Waals surface area contributed by atoms with Crippen LogP contribution in [0.1, 0.15) is 105 Å². The van der Waals surface area contributed by atoms with Gasteiger partial charge in [-0.2, -0.15) is 24.3 Å². The molecule has 0 bridgehead atoms. The van der Waals surface area contributed by atoms with E-state index in [0.29, 0.717) is 98.9 Å². The number of aromatic nitrogens is 2. The van der Waals surface area contributed by atoms with Gasteiger partial charge < -0.3 is 36.1 Å². The number of carbonyl (C=O) groups is 6. The van der Waals surface area contributed by atoms with Gasteiger partial charge in [0, 0.05) is 133 Å². The maximum Gasteiger partial charge on any atom is 0.272 e. The minimum atomic E-state index is -0.545. The Morgan fingerprint density at radius 2 is 1.58 bits per heavy atom. The van der Waals surface area contributed by atoms with Gasteiger partial charge in [-0.15, -0.1) is 5.56 Å². The van der Waals surface area contributed by atoms with Crippen LogP contribution < -0.4 is 16.2 Å². The van der Waals surface area contributed by atoms with E-state index in [-0.39, 0.29) is 92.0 Å². The van der Waals surface area contributed by atoms with Crippen molar-refractivity contribution in [3.63, 3.8) is 0 Å². The summed E-state index contributed by atoms with van der Waals surface area (Å²) in [5, 5.41) is 5.32. The zero-order valence-electron chi connectivity index (χ0n) is 43.0. The van der Waals surface area contributed by atoms with Gasteiger partial charge in [-0.25, -0.2) is 4.98 Å². The molecule has 1 radical (unpaired) electrons. The van der Waals surface area contributed by atoms with Crippen LogP contribution in [-0.2, 0) is 82.0 Å². The smallest absolute Gasteiger partial charge is 0.272 e. The number of aryl methyl sites for hydroxylation is 1. The quantitative estimate of drug-likeness (QED) is 0.0621. The summed E-state index contributed by atoms with van der Waals surface area (Å²) < 4.78 is 12.3. The van der Waals surface area contributed by atoms with Crippen LogP contribution in [0.4, 0.5) is 5.69 Å². The van der Waals surface area contributed by atoms with Crippen LogP contribution in [0.25, 0.3) is 11.3 Å². The van der Waals surface area contributed by atoms with Crippen molar-refractivity contribution in [2.45, 2.75) is 77.8 Å². The minimum Gasteiger partial charge on any atom is -0.406 e. The Morgan fingerprint density at radius 3 is 2.26 bits per heavy atom. The van der Waals surface area contributed by atoms with Gasteiger partial charge in [0.2, 0.25) is 11.8 Å². The van der Waals surface area contributed by atoms with Crippen LogP contribution in [0.15, 0.2) is 95.9 Å². The van der Waals surface area contributed by atoms with Crippen LogP contribution in [0.2, 0.25) is 0 Å². The average Bonchev–Trinajstić information content (AvgIpc) is 3.71. The number of amides is 5. The number of anilines is 1. The summed E-state index contributed by atoms with van der Waals surface area (Å²) in [6.07, 6.45) is 3.80. The van der Waals surface area contributed by atoms with Gasteiger partial charge >= 0.3 is 0 Å². The number of benzene rings is 4. The van der Waals surface area contributed by atoms with E-state index in [1.54, 1.807) is 31.4 Å². The molecule has 4 heterocycles. The summed E-state index contributed by atoms with van der Waals surface area (Å²) in [6.45, 7) is 17.4. The van der Waals surface area contributed by atoms with Crippen LogP contribution in [0, 0.1) is 19.9 Å². The molecular formula is C57H65N7O9Y-2. The largest absolute Gasteiger partial charge is 0.406 e. The van der Waals surface area contributed by atoms with E-state index >= 15 is 0 Å². The van der Waals surface area contributed by atoms with Gasteiger partial charge in [-0.05, 0) is 72.2 Å². The summed E-state index contributed by atoms with van der Waals surface area (Å²) in [7, 11) is 1.71. The van der Waals surface area contributed by atoms with Crippen molar-refractivity contribution >= 4 is 41.0 Å². The molecule has 5 amide bonds. The van der Waals surface area contributed by atoms with Gasteiger partial charge in [-0.3, -0.25) is 43.8 Å². The molecule has 387 valence electrons. The zero-order chi connectivity index (χ0) is 52.2. The molecule has 0 aliphatic carbocycles. The monoisotopic (exact) mass is 1080 g/mol.